The van der Waals surface area contributed by atoms with Gasteiger partial charge >= 0.3 is 6.09 Å². The van der Waals surface area contributed by atoms with Crippen LogP contribution in [0.15, 0.2) is 0 Å². The normalized spacial score (nSPS) is 23.8. The van der Waals surface area contributed by atoms with Gasteiger partial charge in [0, 0.05) is 0 Å². The SMILES string of the molecule is CC(C)(C)OC(=O)N1C[C@@H](O)[C@H]1CO[Si](C)(C)C(C)(C)C. The third-order valence-electron chi connectivity index (χ3n) is 4.28. The number of rotatable bonds is 3. The van der Waals surface area contributed by atoms with E-state index >= 15 is 0 Å². The molecule has 124 valence electrons. The summed E-state index contributed by atoms with van der Waals surface area (Å²) in [6, 6.07) is -0.297. The van der Waals surface area contributed by atoms with E-state index in [0.29, 0.717) is 13.2 Å². The number of nitrogens with zero attached hydrogens (tertiary/aromatic N) is 1. The molecule has 6 heteroatoms. The second-order valence-electron chi connectivity index (χ2n) is 8.34. The first-order chi connectivity index (χ1) is 9.24. The number of ether oxygens (including phenoxy) is 1. The van der Waals surface area contributed by atoms with Crippen LogP contribution in [0.5, 0.6) is 0 Å². The van der Waals surface area contributed by atoms with Crippen LogP contribution in [0.4, 0.5) is 4.79 Å². The van der Waals surface area contributed by atoms with E-state index in [1.807, 2.05) is 20.8 Å². The van der Waals surface area contributed by atoms with E-state index in [0.717, 1.165) is 0 Å². The van der Waals surface area contributed by atoms with Crippen molar-refractivity contribution in [1.29, 1.82) is 0 Å². The minimum absolute atomic E-state index is 0.110. The number of amides is 1. The fourth-order valence-corrected chi connectivity index (χ4v) is 2.79. The Balaban J connectivity index is 2.60. The molecule has 0 unspecified atom stereocenters. The molecule has 1 fully saturated rings. The number of carbonyl (C=O) groups is 1. The molecule has 1 amide bonds. The first-order valence-corrected chi connectivity index (χ1v) is 10.5. The van der Waals surface area contributed by atoms with Crippen molar-refractivity contribution < 1.29 is 19.1 Å². The minimum Gasteiger partial charge on any atom is -0.444 e. The van der Waals surface area contributed by atoms with Gasteiger partial charge in [0.25, 0.3) is 0 Å². The summed E-state index contributed by atoms with van der Waals surface area (Å²) in [7, 11) is -1.88. The van der Waals surface area contributed by atoms with Gasteiger partial charge in [-0.3, -0.25) is 4.90 Å². The third-order valence-corrected chi connectivity index (χ3v) is 8.78. The van der Waals surface area contributed by atoms with Crippen LogP contribution in [0.25, 0.3) is 0 Å². The molecule has 0 spiro atoms. The molecule has 1 heterocycles. The van der Waals surface area contributed by atoms with Gasteiger partial charge in [-0.25, -0.2) is 4.79 Å². The molecule has 5 nitrogen and oxygen atoms in total. The van der Waals surface area contributed by atoms with Gasteiger partial charge < -0.3 is 14.3 Å². The average molecular weight is 318 g/mol. The molecule has 0 aliphatic carbocycles. The molecule has 0 aromatic rings. The first kappa shape index (κ1) is 18.5. The van der Waals surface area contributed by atoms with E-state index in [4.69, 9.17) is 9.16 Å². The Labute approximate surface area is 129 Å². The van der Waals surface area contributed by atoms with Crippen molar-refractivity contribution in [2.45, 2.75) is 77.4 Å². The molecule has 0 saturated carbocycles. The third kappa shape index (κ3) is 4.69. The van der Waals surface area contributed by atoms with Crippen molar-refractivity contribution in [2.24, 2.45) is 0 Å². The lowest BCUT2D eigenvalue weighted by atomic mass is 10.0. The number of hydrogen-bond donors (Lipinski definition) is 1. The lowest BCUT2D eigenvalue weighted by Gasteiger charge is -2.47. The van der Waals surface area contributed by atoms with Gasteiger partial charge in [0.05, 0.1) is 25.3 Å². The highest BCUT2D eigenvalue weighted by Gasteiger charge is 2.45. The summed E-state index contributed by atoms with van der Waals surface area (Å²) in [5.74, 6) is 0. The van der Waals surface area contributed by atoms with E-state index < -0.39 is 20.0 Å². The smallest absolute Gasteiger partial charge is 0.410 e. The summed E-state index contributed by atoms with van der Waals surface area (Å²) in [6.07, 6.45) is -0.904. The van der Waals surface area contributed by atoms with Crippen LogP contribution in [0.2, 0.25) is 18.1 Å². The van der Waals surface area contributed by atoms with Crippen LogP contribution in [0, 0.1) is 0 Å². The minimum atomic E-state index is -1.88. The zero-order valence-electron chi connectivity index (χ0n) is 14.7. The number of β-amino-alcohol motifs (C(OH)–C–C–N with tert-alkyl or cyclic N) is 1. The second-order valence-corrected chi connectivity index (χ2v) is 13.1. The van der Waals surface area contributed by atoms with Crippen molar-refractivity contribution in [3.05, 3.63) is 0 Å². The van der Waals surface area contributed by atoms with Crippen LogP contribution in [-0.4, -0.2) is 55.3 Å². The number of aliphatic hydroxyl groups excluding tert-OH is 1. The van der Waals surface area contributed by atoms with Gasteiger partial charge in [0.2, 0.25) is 0 Å². The Kier molecular flexibility index (Phi) is 5.18. The quantitative estimate of drug-likeness (QED) is 0.813. The standard InChI is InChI=1S/C15H31NO4Si/c1-14(2,3)20-13(18)16-9-12(17)11(16)10-19-21(7,8)15(4,5)6/h11-12,17H,9-10H2,1-8H3/t11-,12-/m1/s1. The summed E-state index contributed by atoms with van der Waals surface area (Å²) in [5.41, 5.74) is -0.525. The summed E-state index contributed by atoms with van der Waals surface area (Å²) < 4.78 is 11.5. The van der Waals surface area contributed by atoms with Crippen LogP contribution < -0.4 is 0 Å². The lowest BCUT2D eigenvalue weighted by Crippen LogP contribution is -2.65. The van der Waals surface area contributed by atoms with Gasteiger partial charge in [0.1, 0.15) is 5.60 Å². The van der Waals surface area contributed by atoms with Gasteiger partial charge in [-0.15, -0.1) is 0 Å². The lowest BCUT2D eigenvalue weighted by molar-refractivity contribution is -0.0840. The Hall–Kier alpha value is -0.593. The zero-order chi connectivity index (χ0) is 16.6. The highest BCUT2D eigenvalue weighted by atomic mass is 28.4. The number of likely N-dealkylation sites (tertiary alicyclic amines) is 1. The monoisotopic (exact) mass is 317 g/mol. The molecule has 0 aromatic heterocycles. The zero-order valence-corrected chi connectivity index (χ0v) is 15.7. The van der Waals surface area contributed by atoms with E-state index in [1.165, 1.54) is 0 Å². The van der Waals surface area contributed by atoms with E-state index in [9.17, 15) is 9.90 Å². The summed E-state index contributed by atoms with van der Waals surface area (Å²) >= 11 is 0. The first-order valence-electron chi connectivity index (χ1n) is 7.56. The Bertz CT molecular complexity index is 384. The average Bonchev–Trinajstić information content (AvgIpc) is 2.21. The molecular formula is C15H31NO4Si. The summed E-state index contributed by atoms with van der Waals surface area (Å²) in [4.78, 5) is 13.6. The van der Waals surface area contributed by atoms with Crippen molar-refractivity contribution in [2.75, 3.05) is 13.2 Å². The second kappa shape index (κ2) is 5.89. The van der Waals surface area contributed by atoms with Crippen LogP contribution >= 0.6 is 0 Å². The van der Waals surface area contributed by atoms with Crippen LogP contribution in [0.1, 0.15) is 41.5 Å². The summed E-state index contributed by atoms with van der Waals surface area (Å²) in [5, 5.41) is 10.0. The predicted molar refractivity (Wildman–Crippen MR) is 85.9 cm³/mol. The van der Waals surface area contributed by atoms with Crippen LogP contribution in [0.3, 0.4) is 0 Å². The maximum Gasteiger partial charge on any atom is 0.410 e. The largest absolute Gasteiger partial charge is 0.444 e. The van der Waals surface area contributed by atoms with Gasteiger partial charge in [-0.05, 0) is 38.9 Å². The molecule has 0 bridgehead atoms. The van der Waals surface area contributed by atoms with Gasteiger partial charge in [-0.1, -0.05) is 20.8 Å². The molecule has 0 radical (unpaired) electrons. The Morgan fingerprint density at radius 3 is 2.14 bits per heavy atom. The Morgan fingerprint density at radius 2 is 1.76 bits per heavy atom. The molecule has 1 saturated heterocycles. The van der Waals surface area contributed by atoms with Crippen molar-refractivity contribution in [3.63, 3.8) is 0 Å². The molecular weight excluding hydrogens is 286 g/mol. The number of aliphatic hydroxyl groups is 1. The molecule has 1 rings (SSSR count). The highest BCUT2D eigenvalue weighted by molar-refractivity contribution is 6.74. The maximum absolute atomic E-state index is 12.1. The fourth-order valence-electron chi connectivity index (χ4n) is 1.77. The molecule has 21 heavy (non-hydrogen) atoms. The van der Waals surface area contributed by atoms with E-state index in [-0.39, 0.29) is 17.2 Å². The van der Waals surface area contributed by atoms with E-state index in [1.54, 1.807) is 4.90 Å². The molecule has 1 aliphatic rings. The maximum atomic E-state index is 12.1. The summed E-state index contributed by atoms with van der Waals surface area (Å²) in [6.45, 7) is 17.0. The molecule has 1 aliphatic heterocycles. The van der Waals surface area contributed by atoms with Gasteiger partial charge in [0.15, 0.2) is 8.32 Å². The number of carbonyl (C=O) groups excluding carboxylic acids is 1. The molecule has 2 atom stereocenters. The molecule has 1 N–H and O–H groups in total. The van der Waals surface area contributed by atoms with Crippen molar-refractivity contribution in [1.82, 2.24) is 4.90 Å². The van der Waals surface area contributed by atoms with E-state index in [2.05, 4.69) is 33.9 Å². The van der Waals surface area contributed by atoms with Crippen molar-refractivity contribution >= 4 is 14.4 Å². The highest BCUT2D eigenvalue weighted by Crippen LogP contribution is 2.37. The van der Waals surface area contributed by atoms with Crippen LogP contribution in [-0.2, 0) is 9.16 Å². The Morgan fingerprint density at radius 1 is 1.24 bits per heavy atom. The van der Waals surface area contributed by atoms with Gasteiger partial charge in [-0.2, -0.15) is 0 Å². The fraction of sp³-hybridized carbons (Fsp3) is 0.933. The topological polar surface area (TPSA) is 59.0 Å². The molecule has 0 aromatic carbocycles. The number of hydrogen-bond acceptors (Lipinski definition) is 4. The van der Waals surface area contributed by atoms with Crippen molar-refractivity contribution in [3.8, 4) is 0 Å². The predicted octanol–water partition coefficient (Wildman–Crippen LogP) is 2.99.